The maximum atomic E-state index is 12.8. The molecule has 0 fully saturated rings. The van der Waals surface area contributed by atoms with Crippen molar-refractivity contribution in [3.8, 4) is 11.1 Å². The van der Waals surface area contributed by atoms with E-state index in [2.05, 4.69) is 25.7 Å². The Kier molecular flexibility index (Phi) is 6.80. The Hall–Kier alpha value is -4.89. The molecule has 3 heterocycles. The second kappa shape index (κ2) is 9.87. The number of hydrogen-bond acceptors (Lipinski definition) is 6. The van der Waals surface area contributed by atoms with Gasteiger partial charge >= 0.3 is 18.4 Å². The molecule has 3 amide bonds. The number of fused-ring (bicyclic) bond motifs is 1. The van der Waals surface area contributed by atoms with E-state index in [0.717, 1.165) is 23.0 Å². The van der Waals surface area contributed by atoms with E-state index in [1.165, 1.54) is 36.4 Å². The molecule has 0 aliphatic heterocycles. The molecule has 4 rings (SSSR count). The van der Waals surface area contributed by atoms with Crippen molar-refractivity contribution in [2.24, 2.45) is 0 Å². The zero-order chi connectivity index (χ0) is 27.7. The number of benzene rings is 1. The molecule has 0 bridgehead atoms. The van der Waals surface area contributed by atoms with Crippen LogP contribution in [-0.4, -0.2) is 44.2 Å². The molecular weight excluding hydrogens is 522 g/mol. The van der Waals surface area contributed by atoms with E-state index in [0.29, 0.717) is 11.1 Å². The summed E-state index contributed by atoms with van der Waals surface area (Å²) in [6.45, 7) is -1.55. The number of anilines is 3. The number of halogens is 6. The van der Waals surface area contributed by atoms with Crippen LogP contribution in [0.2, 0.25) is 0 Å². The quantitative estimate of drug-likeness (QED) is 0.279. The van der Waals surface area contributed by atoms with Crippen LogP contribution in [0.4, 0.5) is 48.5 Å². The fourth-order valence-corrected chi connectivity index (χ4v) is 3.39. The minimum atomic E-state index is -4.68. The average Bonchev–Trinajstić information content (AvgIpc) is 3.23. The van der Waals surface area contributed by atoms with Gasteiger partial charge in [-0.15, -0.1) is 0 Å². The number of pyridine rings is 1. The highest BCUT2D eigenvalue weighted by atomic mass is 19.4. The monoisotopic (exact) mass is 538 g/mol. The highest BCUT2D eigenvalue weighted by Gasteiger charge is 2.32. The van der Waals surface area contributed by atoms with Gasteiger partial charge in [0.2, 0.25) is 0 Å². The minimum Gasteiger partial charge on any atom is -0.382 e. The van der Waals surface area contributed by atoms with Crippen molar-refractivity contribution in [2.75, 3.05) is 22.9 Å². The average molecular weight is 538 g/mol. The molecule has 1 aromatic carbocycles. The van der Waals surface area contributed by atoms with Gasteiger partial charge in [0.05, 0.1) is 0 Å². The number of carbonyl (C=O) groups is 2. The molecule has 0 saturated carbocycles. The molecule has 0 spiro atoms. The first-order chi connectivity index (χ1) is 17.8. The number of aromatic nitrogens is 4. The lowest BCUT2D eigenvalue weighted by atomic mass is 10.1. The van der Waals surface area contributed by atoms with Crippen LogP contribution in [0.25, 0.3) is 16.6 Å². The minimum absolute atomic E-state index is 0.0416. The van der Waals surface area contributed by atoms with E-state index in [-0.39, 0.29) is 28.5 Å². The summed E-state index contributed by atoms with van der Waals surface area (Å²) in [5.74, 6) is -1.40. The molecular formula is C22H16F6N8O2. The third kappa shape index (κ3) is 5.91. The van der Waals surface area contributed by atoms with Gasteiger partial charge in [0, 0.05) is 11.3 Å². The Morgan fingerprint density at radius 3 is 2.34 bits per heavy atom. The summed E-state index contributed by atoms with van der Waals surface area (Å²) in [5, 5.41) is 10.3. The number of urea groups is 1. The number of rotatable bonds is 5. The SMILES string of the molecule is Nc1ncnn2c(C(=O)NCC(F)(F)F)cc(-c3ccc(NC(=O)Nc4cccc(C(F)(F)F)n4)cc3)c12. The Morgan fingerprint density at radius 2 is 1.68 bits per heavy atom. The Labute approximate surface area is 208 Å². The molecule has 0 unspecified atom stereocenters. The largest absolute Gasteiger partial charge is 0.433 e. The summed E-state index contributed by atoms with van der Waals surface area (Å²) in [5.41, 5.74) is 5.72. The number of carbonyl (C=O) groups excluding carboxylic acids is 2. The lowest BCUT2D eigenvalue weighted by Crippen LogP contribution is -2.34. The lowest BCUT2D eigenvalue weighted by molar-refractivity contribution is -0.141. The van der Waals surface area contributed by atoms with Crippen LogP contribution in [-0.2, 0) is 6.18 Å². The number of nitrogens with zero attached hydrogens (tertiary/aromatic N) is 4. The highest BCUT2D eigenvalue weighted by molar-refractivity contribution is 6.01. The normalized spacial score (nSPS) is 11.8. The molecule has 4 aromatic rings. The van der Waals surface area contributed by atoms with Crippen LogP contribution in [0.5, 0.6) is 0 Å². The van der Waals surface area contributed by atoms with Crippen LogP contribution in [0.1, 0.15) is 16.2 Å². The Bertz CT molecular complexity index is 1500. The van der Waals surface area contributed by atoms with Gasteiger partial charge in [0.25, 0.3) is 5.91 Å². The summed E-state index contributed by atoms with van der Waals surface area (Å²) < 4.78 is 77.1. The summed E-state index contributed by atoms with van der Waals surface area (Å²) in [7, 11) is 0. The molecule has 38 heavy (non-hydrogen) atoms. The number of hydrogen-bond donors (Lipinski definition) is 4. The van der Waals surface area contributed by atoms with Crippen molar-refractivity contribution < 1.29 is 35.9 Å². The van der Waals surface area contributed by atoms with Gasteiger partial charge in [-0.1, -0.05) is 18.2 Å². The first-order valence-corrected chi connectivity index (χ1v) is 10.5. The van der Waals surface area contributed by atoms with E-state index in [1.807, 2.05) is 0 Å². The van der Waals surface area contributed by atoms with Crippen molar-refractivity contribution in [1.29, 1.82) is 0 Å². The third-order valence-corrected chi connectivity index (χ3v) is 5.00. The molecule has 0 saturated heterocycles. The third-order valence-electron chi connectivity index (χ3n) is 5.00. The second-order valence-corrected chi connectivity index (χ2v) is 7.71. The van der Waals surface area contributed by atoms with Crippen LogP contribution in [0.3, 0.4) is 0 Å². The molecule has 198 valence electrons. The molecule has 5 N–H and O–H groups in total. The zero-order valence-corrected chi connectivity index (χ0v) is 18.9. The summed E-state index contributed by atoms with van der Waals surface area (Å²) in [4.78, 5) is 31.8. The highest BCUT2D eigenvalue weighted by Crippen LogP contribution is 2.31. The lowest BCUT2D eigenvalue weighted by Gasteiger charge is -2.10. The molecule has 0 atom stereocenters. The van der Waals surface area contributed by atoms with Gasteiger partial charge in [0.1, 0.15) is 35.6 Å². The summed E-state index contributed by atoms with van der Waals surface area (Å²) >= 11 is 0. The number of nitrogen functional groups attached to an aromatic ring is 1. The number of nitrogens with two attached hydrogens (primary N) is 1. The van der Waals surface area contributed by atoms with E-state index in [1.54, 1.807) is 5.32 Å². The first-order valence-electron chi connectivity index (χ1n) is 10.5. The zero-order valence-electron chi connectivity index (χ0n) is 18.9. The van der Waals surface area contributed by atoms with Crippen molar-refractivity contribution in [3.63, 3.8) is 0 Å². The molecule has 16 heteroatoms. The smallest absolute Gasteiger partial charge is 0.382 e. The summed E-state index contributed by atoms with van der Waals surface area (Å²) in [6.07, 6.45) is -8.26. The standard InChI is InChI=1S/C22H16F6N8O2/c23-21(24,25)9-30-19(37)14-8-13(17-18(29)31-10-32-36(14)17)11-4-6-12(7-5-11)33-20(38)35-16-3-1-2-15(34-16)22(26,27)28/h1-8,10H,9H2,(H,30,37)(H2,29,31,32)(H2,33,34,35,38). The first kappa shape index (κ1) is 26.2. The van der Waals surface area contributed by atoms with Crippen molar-refractivity contribution in [3.05, 3.63) is 66.2 Å². The van der Waals surface area contributed by atoms with Gasteiger partial charge in [0.15, 0.2) is 5.82 Å². The number of amides is 3. The van der Waals surface area contributed by atoms with Gasteiger partial charge in [-0.05, 0) is 35.9 Å². The number of nitrogens with one attached hydrogen (secondary N) is 3. The van der Waals surface area contributed by atoms with Crippen LogP contribution in [0.15, 0.2) is 54.9 Å². The van der Waals surface area contributed by atoms with Crippen LogP contribution < -0.4 is 21.7 Å². The van der Waals surface area contributed by atoms with Crippen molar-refractivity contribution in [2.45, 2.75) is 12.4 Å². The predicted molar refractivity (Wildman–Crippen MR) is 123 cm³/mol. The topological polar surface area (TPSA) is 139 Å². The van der Waals surface area contributed by atoms with Crippen LogP contribution >= 0.6 is 0 Å². The van der Waals surface area contributed by atoms with Crippen LogP contribution in [0, 0.1) is 0 Å². The van der Waals surface area contributed by atoms with E-state index < -0.39 is 36.5 Å². The van der Waals surface area contributed by atoms with Gasteiger partial charge in [-0.3, -0.25) is 10.1 Å². The number of alkyl halides is 6. The molecule has 0 radical (unpaired) electrons. The van der Waals surface area contributed by atoms with Gasteiger partial charge in [-0.25, -0.2) is 19.3 Å². The fourth-order valence-electron chi connectivity index (χ4n) is 3.39. The summed E-state index contributed by atoms with van der Waals surface area (Å²) in [6, 6.07) is 9.38. The molecule has 10 nitrogen and oxygen atoms in total. The second-order valence-electron chi connectivity index (χ2n) is 7.71. The van der Waals surface area contributed by atoms with E-state index >= 15 is 0 Å². The Balaban J connectivity index is 1.54. The van der Waals surface area contributed by atoms with Crippen molar-refractivity contribution in [1.82, 2.24) is 24.9 Å². The van der Waals surface area contributed by atoms with E-state index in [4.69, 9.17) is 5.73 Å². The van der Waals surface area contributed by atoms with E-state index in [9.17, 15) is 35.9 Å². The maximum Gasteiger partial charge on any atom is 0.433 e. The fraction of sp³-hybridized carbons (Fsp3) is 0.136. The molecule has 0 aliphatic carbocycles. The maximum absolute atomic E-state index is 12.8. The van der Waals surface area contributed by atoms with Crippen molar-refractivity contribution >= 4 is 34.8 Å². The predicted octanol–water partition coefficient (Wildman–Crippen LogP) is 4.33. The molecule has 3 aromatic heterocycles. The van der Waals surface area contributed by atoms with Gasteiger partial charge < -0.3 is 16.4 Å². The Morgan fingerprint density at radius 1 is 0.974 bits per heavy atom. The van der Waals surface area contributed by atoms with Gasteiger partial charge in [-0.2, -0.15) is 31.4 Å². The molecule has 0 aliphatic rings.